The van der Waals surface area contributed by atoms with E-state index in [0.717, 1.165) is 17.4 Å². The van der Waals surface area contributed by atoms with E-state index in [1.54, 1.807) is 30.5 Å². The van der Waals surface area contributed by atoms with Crippen LogP contribution < -0.4 is 14.8 Å². The summed E-state index contributed by atoms with van der Waals surface area (Å²) in [6.45, 7) is 0.700. The first-order valence-electron chi connectivity index (χ1n) is 7.68. The average Bonchev–Trinajstić information content (AvgIpc) is 2.59. The summed E-state index contributed by atoms with van der Waals surface area (Å²) < 4.78 is 29.5. The molecular weight excluding hydrogens is 342 g/mol. The van der Waals surface area contributed by atoms with Gasteiger partial charge in [-0.3, -0.25) is 4.79 Å². The fourth-order valence-electron chi connectivity index (χ4n) is 2.16. The van der Waals surface area contributed by atoms with Gasteiger partial charge in [-0.1, -0.05) is 12.1 Å². The van der Waals surface area contributed by atoms with E-state index in [2.05, 4.69) is 15.0 Å². The van der Waals surface area contributed by atoms with Gasteiger partial charge in [0.25, 0.3) is 5.91 Å². The van der Waals surface area contributed by atoms with Crippen LogP contribution in [0.25, 0.3) is 0 Å². The lowest BCUT2D eigenvalue weighted by Crippen LogP contribution is -2.24. The third kappa shape index (κ3) is 6.52. The van der Waals surface area contributed by atoms with Crippen LogP contribution in [0.5, 0.6) is 5.88 Å². The van der Waals surface area contributed by atoms with E-state index in [0.29, 0.717) is 31.0 Å². The number of methoxy groups -OCH3 is 1. The first kappa shape index (κ1) is 18.9. The van der Waals surface area contributed by atoms with E-state index in [4.69, 9.17) is 4.74 Å². The van der Waals surface area contributed by atoms with Gasteiger partial charge in [0.1, 0.15) is 0 Å². The van der Waals surface area contributed by atoms with Gasteiger partial charge in [0.05, 0.1) is 13.4 Å². The van der Waals surface area contributed by atoms with Crippen LogP contribution in [0.2, 0.25) is 0 Å². The smallest absolute Gasteiger partial charge is 0.251 e. The summed E-state index contributed by atoms with van der Waals surface area (Å²) in [7, 11) is -1.64. The lowest BCUT2D eigenvalue weighted by atomic mass is 10.1. The van der Waals surface area contributed by atoms with Gasteiger partial charge >= 0.3 is 0 Å². The van der Waals surface area contributed by atoms with Gasteiger partial charge in [0.2, 0.25) is 15.9 Å². The number of ether oxygens (including phenoxy) is 1. The molecule has 2 N–H and O–H groups in total. The van der Waals surface area contributed by atoms with Crippen molar-refractivity contribution in [3.05, 3.63) is 59.3 Å². The number of hydrogen-bond donors (Lipinski definition) is 2. The van der Waals surface area contributed by atoms with Gasteiger partial charge in [0.15, 0.2) is 0 Å². The van der Waals surface area contributed by atoms with Crippen molar-refractivity contribution < 1.29 is 17.9 Å². The van der Waals surface area contributed by atoms with Crippen LogP contribution >= 0.6 is 0 Å². The van der Waals surface area contributed by atoms with Gasteiger partial charge in [-0.2, -0.15) is 0 Å². The van der Waals surface area contributed by atoms with Crippen molar-refractivity contribution >= 4 is 15.9 Å². The maximum absolute atomic E-state index is 12.2. The Bertz CT molecular complexity index is 820. The minimum Gasteiger partial charge on any atom is -0.481 e. The Morgan fingerprint density at radius 3 is 2.52 bits per heavy atom. The molecule has 0 radical (unpaired) electrons. The Balaban J connectivity index is 1.87. The number of carbonyl (C=O) groups is 1. The minimum atomic E-state index is -3.18. The summed E-state index contributed by atoms with van der Waals surface area (Å²) >= 11 is 0. The Hall–Kier alpha value is -2.45. The van der Waals surface area contributed by atoms with Crippen molar-refractivity contribution in [3.8, 4) is 5.88 Å². The van der Waals surface area contributed by atoms with Crippen molar-refractivity contribution in [1.82, 2.24) is 15.0 Å². The topological polar surface area (TPSA) is 97.4 Å². The molecule has 7 nitrogen and oxygen atoms in total. The second-order valence-electron chi connectivity index (χ2n) is 5.50. The molecule has 0 spiro atoms. The fourth-order valence-corrected chi connectivity index (χ4v) is 2.63. The van der Waals surface area contributed by atoms with Crippen molar-refractivity contribution in [3.63, 3.8) is 0 Å². The first-order valence-corrected chi connectivity index (χ1v) is 9.57. The SMILES string of the molecule is COc1cc(CNC(=O)c2ccc(CCNS(C)(=O)=O)cc2)ccn1. The molecule has 0 atom stereocenters. The molecule has 134 valence electrons. The number of nitrogens with zero attached hydrogens (tertiary/aromatic N) is 1. The molecule has 1 amide bonds. The highest BCUT2D eigenvalue weighted by atomic mass is 32.2. The van der Waals surface area contributed by atoms with Crippen molar-refractivity contribution in [2.24, 2.45) is 0 Å². The third-order valence-corrected chi connectivity index (χ3v) is 4.18. The van der Waals surface area contributed by atoms with Gasteiger partial charge in [-0.05, 0) is 35.7 Å². The molecule has 0 unspecified atom stereocenters. The number of benzene rings is 1. The van der Waals surface area contributed by atoms with Gasteiger partial charge in [0, 0.05) is 30.9 Å². The highest BCUT2D eigenvalue weighted by molar-refractivity contribution is 7.88. The number of rotatable bonds is 8. The van der Waals surface area contributed by atoms with Crippen LogP contribution in [0.3, 0.4) is 0 Å². The summed E-state index contributed by atoms with van der Waals surface area (Å²) in [5.74, 6) is 0.315. The van der Waals surface area contributed by atoms with Crippen LogP contribution in [-0.2, 0) is 23.0 Å². The highest BCUT2D eigenvalue weighted by Crippen LogP contribution is 2.09. The Kier molecular flexibility index (Phi) is 6.49. The monoisotopic (exact) mass is 363 g/mol. The number of carbonyl (C=O) groups excluding carboxylic acids is 1. The largest absolute Gasteiger partial charge is 0.481 e. The molecule has 0 aliphatic carbocycles. The Morgan fingerprint density at radius 1 is 1.16 bits per heavy atom. The third-order valence-electron chi connectivity index (χ3n) is 3.46. The van der Waals surface area contributed by atoms with Gasteiger partial charge in [-0.15, -0.1) is 0 Å². The molecule has 1 aromatic carbocycles. The number of amides is 1. The summed E-state index contributed by atoms with van der Waals surface area (Å²) in [5.41, 5.74) is 2.39. The molecule has 0 bridgehead atoms. The van der Waals surface area contributed by atoms with E-state index >= 15 is 0 Å². The van der Waals surface area contributed by atoms with Crippen LogP contribution in [0, 0.1) is 0 Å². The van der Waals surface area contributed by atoms with Gasteiger partial charge < -0.3 is 10.1 Å². The molecule has 0 fully saturated rings. The number of aromatic nitrogens is 1. The number of nitrogens with one attached hydrogen (secondary N) is 2. The van der Waals surface area contributed by atoms with E-state index < -0.39 is 10.0 Å². The molecule has 0 aliphatic rings. The molecule has 2 aromatic rings. The van der Waals surface area contributed by atoms with E-state index in [9.17, 15) is 13.2 Å². The standard InChI is InChI=1S/C17H21N3O4S/c1-24-16-11-14(7-9-18-16)12-19-17(21)15-5-3-13(4-6-15)8-10-20-25(2,22)23/h3-7,9,11,20H,8,10,12H2,1-2H3,(H,19,21). The van der Waals surface area contributed by atoms with Gasteiger partial charge in [-0.25, -0.2) is 18.1 Å². The first-order chi connectivity index (χ1) is 11.9. The van der Waals surface area contributed by atoms with Crippen LogP contribution in [-0.4, -0.2) is 39.2 Å². The number of hydrogen-bond acceptors (Lipinski definition) is 5. The molecule has 25 heavy (non-hydrogen) atoms. The van der Waals surface area contributed by atoms with E-state index in [-0.39, 0.29) is 5.91 Å². The molecule has 0 saturated carbocycles. The molecular formula is C17H21N3O4S. The van der Waals surface area contributed by atoms with Crippen LogP contribution in [0.15, 0.2) is 42.6 Å². The number of sulfonamides is 1. The molecule has 1 aromatic heterocycles. The average molecular weight is 363 g/mol. The minimum absolute atomic E-state index is 0.184. The second-order valence-corrected chi connectivity index (χ2v) is 7.34. The predicted octanol–water partition coefficient (Wildman–Crippen LogP) is 1.11. The summed E-state index contributed by atoms with van der Waals surface area (Å²) in [5, 5.41) is 2.84. The quantitative estimate of drug-likeness (QED) is 0.732. The second kappa shape index (κ2) is 8.59. The summed E-state index contributed by atoms with van der Waals surface area (Å²) in [6, 6.07) is 10.6. The zero-order valence-electron chi connectivity index (χ0n) is 14.2. The zero-order chi connectivity index (χ0) is 18.3. The Morgan fingerprint density at radius 2 is 1.88 bits per heavy atom. The predicted molar refractivity (Wildman–Crippen MR) is 95.0 cm³/mol. The summed E-state index contributed by atoms with van der Waals surface area (Å²) in [6.07, 6.45) is 3.31. The maximum atomic E-state index is 12.2. The van der Waals surface area contributed by atoms with Crippen molar-refractivity contribution in [2.45, 2.75) is 13.0 Å². The van der Waals surface area contributed by atoms with Crippen molar-refractivity contribution in [2.75, 3.05) is 19.9 Å². The van der Waals surface area contributed by atoms with E-state index in [1.165, 1.54) is 7.11 Å². The molecule has 0 saturated heterocycles. The molecule has 2 rings (SSSR count). The molecule has 1 heterocycles. The molecule has 0 aliphatic heterocycles. The maximum Gasteiger partial charge on any atom is 0.251 e. The Labute approximate surface area is 147 Å². The van der Waals surface area contributed by atoms with Crippen LogP contribution in [0.1, 0.15) is 21.5 Å². The number of pyridine rings is 1. The lowest BCUT2D eigenvalue weighted by molar-refractivity contribution is 0.0951. The highest BCUT2D eigenvalue weighted by Gasteiger charge is 2.06. The van der Waals surface area contributed by atoms with Crippen LogP contribution in [0.4, 0.5) is 0 Å². The zero-order valence-corrected chi connectivity index (χ0v) is 15.0. The van der Waals surface area contributed by atoms with Crippen molar-refractivity contribution in [1.29, 1.82) is 0 Å². The normalized spacial score (nSPS) is 11.1. The summed E-state index contributed by atoms with van der Waals surface area (Å²) in [4.78, 5) is 16.2. The molecule has 8 heteroatoms. The lowest BCUT2D eigenvalue weighted by Gasteiger charge is -2.07. The van der Waals surface area contributed by atoms with E-state index in [1.807, 2.05) is 12.1 Å². The fraction of sp³-hybridized carbons (Fsp3) is 0.294.